The monoisotopic (exact) mass is 546 g/mol. The Bertz CT molecular complexity index is 1400. The molecule has 0 atom stereocenters. The molecule has 0 spiro atoms. The van der Waals surface area contributed by atoms with Gasteiger partial charge in [-0.05, 0) is 74.4 Å². The van der Waals surface area contributed by atoms with E-state index in [4.69, 9.17) is 14.2 Å². The largest absolute Gasteiger partial charge is 0.497 e. The minimum absolute atomic E-state index is 0.0366. The molecule has 1 aliphatic rings. The number of ketones is 1. The number of piperazine rings is 1. The van der Waals surface area contributed by atoms with Crippen molar-refractivity contribution in [3.8, 4) is 22.6 Å². The topological polar surface area (TPSA) is 68.3 Å². The summed E-state index contributed by atoms with van der Waals surface area (Å²) in [5, 5.41) is 0. The fourth-order valence-electron chi connectivity index (χ4n) is 4.56. The molecular formula is C32H35FN2O5. The van der Waals surface area contributed by atoms with Crippen LogP contribution in [0.2, 0.25) is 0 Å². The third-order valence-electron chi connectivity index (χ3n) is 6.57. The van der Waals surface area contributed by atoms with Crippen LogP contribution in [0.1, 0.15) is 36.7 Å². The number of methoxy groups -OCH3 is 2. The molecule has 0 bridgehead atoms. The number of anilines is 1. The number of nitrogens with zero attached hydrogens (tertiary/aromatic N) is 2. The summed E-state index contributed by atoms with van der Waals surface area (Å²) in [6, 6.07) is 17.9. The predicted molar refractivity (Wildman–Crippen MR) is 155 cm³/mol. The van der Waals surface area contributed by atoms with E-state index in [-0.39, 0.29) is 11.7 Å². The number of rotatable bonds is 7. The second-order valence-corrected chi connectivity index (χ2v) is 10.5. The molecule has 0 N–H and O–H groups in total. The molecule has 0 saturated carbocycles. The molecule has 1 heterocycles. The van der Waals surface area contributed by atoms with Crippen molar-refractivity contribution in [2.24, 2.45) is 0 Å². The van der Waals surface area contributed by atoms with Crippen LogP contribution in [0.15, 0.2) is 66.7 Å². The molecule has 1 fully saturated rings. The highest BCUT2D eigenvalue weighted by atomic mass is 19.1. The Balaban J connectivity index is 1.64. The molecule has 8 heteroatoms. The van der Waals surface area contributed by atoms with Gasteiger partial charge in [0.05, 0.1) is 19.8 Å². The highest BCUT2D eigenvalue weighted by Crippen LogP contribution is 2.34. The van der Waals surface area contributed by atoms with E-state index >= 15 is 0 Å². The number of allylic oxidation sites excluding steroid dienone is 1. The number of benzene rings is 3. The van der Waals surface area contributed by atoms with Crippen molar-refractivity contribution in [3.05, 3.63) is 83.7 Å². The standard InChI is InChI=1S/C32H35FN2O5/c1-32(2,3)40-31(37)35-18-16-34(17-19-35)28-14-10-22(25-8-6-7-9-30(25)39-5)20-23(28)11-15-29(36)26-13-12-24(38-4)21-27(26)33/h6-15,20-21H,16-19H2,1-5H3. The van der Waals surface area contributed by atoms with Crippen LogP contribution in [0.25, 0.3) is 17.2 Å². The van der Waals surface area contributed by atoms with Gasteiger partial charge in [-0.1, -0.05) is 24.3 Å². The highest BCUT2D eigenvalue weighted by molar-refractivity contribution is 6.07. The molecule has 7 nitrogen and oxygen atoms in total. The van der Waals surface area contributed by atoms with Crippen molar-refractivity contribution >= 4 is 23.6 Å². The molecular weight excluding hydrogens is 511 g/mol. The molecule has 1 amide bonds. The van der Waals surface area contributed by atoms with Crippen LogP contribution in [0.5, 0.6) is 11.5 Å². The number of hydrogen-bond acceptors (Lipinski definition) is 6. The van der Waals surface area contributed by atoms with Crippen LogP contribution in [0, 0.1) is 5.82 Å². The lowest BCUT2D eigenvalue weighted by Gasteiger charge is -2.37. The first kappa shape index (κ1) is 28.7. The normalized spacial score (nSPS) is 13.8. The second-order valence-electron chi connectivity index (χ2n) is 10.5. The minimum atomic E-state index is -0.643. The zero-order valence-electron chi connectivity index (χ0n) is 23.6. The predicted octanol–water partition coefficient (Wildman–Crippen LogP) is 6.46. The fraction of sp³-hybridized carbons (Fsp3) is 0.312. The van der Waals surface area contributed by atoms with Gasteiger partial charge >= 0.3 is 6.09 Å². The molecule has 0 radical (unpaired) electrons. The number of hydrogen-bond donors (Lipinski definition) is 0. The maximum Gasteiger partial charge on any atom is 0.410 e. The zero-order valence-corrected chi connectivity index (χ0v) is 23.6. The van der Waals surface area contributed by atoms with Gasteiger partial charge in [-0.3, -0.25) is 4.79 Å². The number of carbonyl (C=O) groups is 2. The molecule has 0 aromatic heterocycles. The summed E-state index contributed by atoms with van der Waals surface area (Å²) in [6.45, 7) is 7.74. The lowest BCUT2D eigenvalue weighted by Crippen LogP contribution is -2.50. The number of para-hydroxylation sites is 1. The van der Waals surface area contributed by atoms with Crippen LogP contribution in [0.4, 0.5) is 14.9 Å². The van der Waals surface area contributed by atoms with Crippen molar-refractivity contribution in [3.63, 3.8) is 0 Å². The lowest BCUT2D eigenvalue weighted by atomic mass is 9.99. The summed E-state index contributed by atoms with van der Waals surface area (Å²) in [5.74, 6) is -0.0262. The maximum atomic E-state index is 14.6. The van der Waals surface area contributed by atoms with E-state index < -0.39 is 17.2 Å². The van der Waals surface area contributed by atoms with E-state index in [1.807, 2.05) is 63.2 Å². The summed E-state index contributed by atoms with van der Waals surface area (Å²) >= 11 is 0. The van der Waals surface area contributed by atoms with Crippen LogP contribution in [0.3, 0.4) is 0 Å². The first-order valence-corrected chi connectivity index (χ1v) is 13.2. The van der Waals surface area contributed by atoms with E-state index in [2.05, 4.69) is 4.90 Å². The van der Waals surface area contributed by atoms with Crippen LogP contribution >= 0.6 is 0 Å². The van der Waals surface area contributed by atoms with Crippen molar-refractivity contribution in [2.75, 3.05) is 45.3 Å². The first-order chi connectivity index (χ1) is 19.1. The summed E-state index contributed by atoms with van der Waals surface area (Å²) < 4.78 is 30.7. The zero-order chi connectivity index (χ0) is 28.9. The van der Waals surface area contributed by atoms with E-state index in [1.54, 1.807) is 24.2 Å². The van der Waals surface area contributed by atoms with Gasteiger partial charge in [-0.15, -0.1) is 0 Å². The van der Waals surface area contributed by atoms with Crippen molar-refractivity contribution in [1.82, 2.24) is 4.90 Å². The van der Waals surface area contributed by atoms with Gasteiger partial charge in [0, 0.05) is 43.5 Å². The fourth-order valence-corrected chi connectivity index (χ4v) is 4.56. The summed E-state index contributed by atoms with van der Waals surface area (Å²) in [7, 11) is 3.07. The highest BCUT2D eigenvalue weighted by Gasteiger charge is 2.26. The third-order valence-corrected chi connectivity index (χ3v) is 6.57. The number of amides is 1. The van der Waals surface area contributed by atoms with Gasteiger partial charge in [0.1, 0.15) is 22.9 Å². The third kappa shape index (κ3) is 6.81. The number of halogens is 1. The quantitative estimate of drug-likeness (QED) is 0.250. The Kier molecular flexibility index (Phi) is 8.77. The van der Waals surface area contributed by atoms with Gasteiger partial charge in [-0.2, -0.15) is 0 Å². The van der Waals surface area contributed by atoms with Crippen LogP contribution in [-0.2, 0) is 4.74 Å². The summed E-state index contributed by atoms with van der Waals surface area (Å²) in [6.07, 6.45) is 2.76. The Morgan fingerprint density at radius 3 is 2.27 bits per heavy atom. The second kappa shape index (κ2) is 12.2. The average Bonchev–Trinajstić information content (AvgIpc) is 2.94. The number of carbonyl (C=O) groups excluding carboxylic acids is 2. The molecule has 40 heavy (non-hydrogen) atoms. The minimum Gasteiger partial charge on any atom is -0.497 e. The van der Waals surface area contributed by atoms with Gasteiger partial charge in [0.25, 0.3) is 0 Å². The number of ether oxygens (including phenoxy) is 3. The Morgan fingerprint density at radius 1 is 0.900 bits per heavy atom. The van der Waals surface area contributed by atoms with E-state index in [0.29, 0.717) is 31.9 Å². The molecule has 0 unspecified atom stereocenters. The molecule has 3 aromatic rings. The first-order valence-electron chi connectivity index (χ1n) is 13.2. The van der Waals surface area contributed by atoms with E-state index in [0.717, 1.165) is 28.1 Å². The molecule has 0 aliphatic carbocycles. The molecule has 1 aliphatic heterocycles. The van der Waals surface area contributed by atoms with Crippen molar-refractivity contribution < 1.29 is 28.2 Å². The molecule has 3 aromatic carbocycles. The van der Waals surface area contributed by atoms with E-state index in [1.165, 1.54) is 25.3 Å². The molecule has 1 saturated heterocycles. The summed E-state index contributed by atoms with van der Waals surface area (Å²) in [5.41, 5.74) is 2.92. The molecule has 210 valence electrons. The van der Waals surface area contributed by atoms with Gasteiger partial charge < -0.3 is 24.0 Å². The lowest BCUT2D eigenvalue weighted by molar-refractivity contribution is 0.0240. The van der Waals surface area contributed by atoms with Crippen molar-refractivity contribution in [1.29, 1.82) is 0 Å². The summed E-state index contributed by atoms with van der Waals surface area (Å²) in [4.78, 5) is 29.4. The van der Waals surface area contributed by atoms with Crippen molar-refractivity contribution in [2.45, 2.75) is 26.4 Å². The van der Waals surface area contributed by atoms with E-state index in [9.17, 15) is 14.0 Å². The maximum absolute atomic E-state index is 14.6. The smallest absolute Gasteiger partial charge is 0.410 e. The Hall–Kier alpha value is -4.33. The van der Waals surface area contributed by atoms with Gasteiger partial charge in [0.2, 0.25) is 0 Å². The SMILES string of the molecule is COc1ccc(C(=O)C=Cc2cc(-c3ccccc3OC)ccc2N2CCN(C(=O)OC(C)(C)C)CC2)c(F)c1. The van der Waals surface area contributed by atoms with Gasteiger partial charge in [0.15, 0.2) is 5.78 Å². The Labute approximate surface area is 234 Å². The molecule has 4 rings (SSSR count). The average molecular weight is 547 g/mol. The van der Waals surface area contributed by atoms with Crippen LogP contribution in [-0.4, -0.2) is 62.8 Å². The van der Waals surface area contributed by atoms with Crippen LogP contribution < -0.4 is 14.4 Å². The van der Waals surface area contributed by atoms with Gasteiger partial charge in [-0.25, -0.2) is 9.18 Å². The Morgan fingerprint density at radius 2 is 1.62 bits per heavy atom.